The van der Waals surface area contributed by atoms with Crippen LogP contribution in [0.2, 0.25) is 0 Å². The van der Waals surface area contributed by atoms with E-state index in [-0.39, 0.29) is 12.3 Å². The molecule has 4 rings (SSSR count). The van der Waals surface area contributed by atoms with E-state index in [2.05, 4.69) is 10.9 Å². The highest BCUT2D eigenvalue weighted by atomic mass is 16.6. The van der Waals surface area contributed by atoms with Gasteiger partial charge in [0.05, 0.1) is 4.92 Å². The molecular weight excluding hydrogens is 430 g/mol. The summed E-state index contributed by atoms with van der Waals surface area (Å²) in [4.78, 5) is 23.0. The molecule has 0 aliphatic heterocycles. The highest BCUT2D eigenvalue weighted by Crippen LogP contribution is 2.36. The van der Waals surface area contributed by atoms with E-state index in [0.29, 0.717) is 5.75 Å². The van der Waals surface area contributed by atoms with Crippen molar-refractivity contribution in [2.75, 3.05) is 6.61 Å². The Kier molecular flexibility index (Phi) is 6.95. The number of carbonyl (C=O) groups excluding carboxylic acids is 1. The molecule has 7 nitrogen and oxygen atoms in total. The van der Waals surface area contributed by atoms with Crippen LogP contribution >= 0.6 is 0 Å². The summed E-state index contributed by atoms with van der Waals surface area (Å²) in [5.41, 5.74) is 8.02. The minimum atomic E-state index is -0.854. The van der Waals surface area contributed by atoms with Crippen molar-refractivity contribution in [3.63, 3.8) is 0 Å². The van der Waals surface area contributed by atoms with Gasteiger partial charge < -0.3 is 4.74 Å². The molecule has 2 N–H and O–H groups in total. The Morgan fingerprint density at radius 2 is 1.18 bits per heavy atom. The molecule has 0 unspecified atom stereocenters. The summed E-state index contributed by atoms with van der Waals surface area (Å²) in [5.74, 6) is -0.0355. The topological polar surface area (TPSA) is 93.5 Å². The molecule has 0 heterocycles. The first kappa shape index (κ1) is 22.7. The predicted molar refractivity (Wildman–Crippen MR) is 129 cm³/mol. The van der Waals surface area contributed by atoms with Gasteiger partial charge in [0, 0.05) is 12.1 Å². The van der Waals surface area contributed by atoms with E-state index >= 15 is 0 Å². The maximum atomic E-state index is 12.7. The minimum Gasteiger partial charge on any atom is -0.484 e. The molecule has 0 radical (unpaired) electrons. The van der Waals surface area contributed by atoms with Gasteiger partial charge in [-0.2, -0.15) is 0 Å². The Balaban J connectivity index is 1.59. The number of nitrogens with one attached hydrogen (secondary N) is 2. The third-order valence-electron chi connectivity index (χ3n) is 5.43. The lowest BCUT2D eigenvalue weighted by molar-refractivity contribution is -0.384. The van der Waals surface area contributed by atoms with E-state index < -0.39 is 16.4 Å². The lowest BCUT2D eigenvalue weighted by atomic mass is 9.77. The predicted octanol–water partition coefficient (Wildman–Crippen LogP) is 4.59. The number of rotatable bonds is 9. The number of benzene rings is 4. The van der Waals surface area contributed by atoms with Crippen LogP contribution in [0.5, 0.6) is 5.75 Å². The maximum absolute atomic E-state index is 12.7. The Labute approximate surface area is 197 Å². The quantitative estimate of drug-likeness (QED) is 0.220. The summed E-state index contributed by atoms with van der Waals surface area (Å²) in [6, 6.07) is 35.2. The molecule has 4 aromatic carbocycles. The van der Waals surface area contributed by atoms with Crippen molar-refractivity contribution in [2.45, 2.75) is 5.54 Å². The summed E-state index contributed by atoms with van der Waals surface area (Å²) >= 11 is 0. The Bertz CT molecular complexity index is 1130. The fraction of sp³-hybridized carbons (Fsp3) is 0.0741. The van der Waals surface area contributed by atoms with E-state index in [1.54, 1.807) is 0 Å². The first-order chi connectivity index (χ1) is 16.6. The van der Waals surface area contributed by atoms with Gasteiger partial charge in [-0.25, -0.2) is 5.43 Å². The highest BCUT2D eigenvalue weighted by molar-refractivity contribution is 5.77. The molecule has 34 heavy (non-hydrogen) atoms. The van der Waals surface area contributed by atoms with Crippen molar-refractivity contribution in [1.82, 2.24) is 10.9 Å². The van der Waals surface area contributed by atoms with Gasteiger partial charge >= 0.3 is 0 Å². The summed E-state index contributed by atoms with van der Waals surface area (Å²) in [6.07, 6.45) is 0. The molecule has 0 aliphatic rings. The Morgan fingerprint density at radius 3 is 1.59 bits per heavy atom. The van der Waals surface area contributed by atoms with E-state index in [1.165, 1.54) is 24.3 Å². The fourth-order valence-corrected chi connectivity index (χ4v) is 3.79. The van der Waals surface area contributed by atoms with Crippen LogP contribution in [0.15, 0.2) is 115 Å². The summed E-state index contributed by atoms with van der Waals surface area (Å²) in [6.45, 7) is -0.265. The third-order valence-corrected chi connectivity index (χ3v) is 5.43. The van der Waals surface area contributed by atoms with Crippen LogP contribution in [-0.4, -0.2) is 17.4 Å². The lowest BCUT2D eigenvalue weighted by Gasteiger charge is -2.36. The SMILES string of the molecule is O=C(COc1ccc([N+](=O)[O-])cc1)NNC(c1ccccc1)(c1ccccc1)c1ccccc1. The van der Waals surface area contributed by atoms with Crippen molar-refractivity contribution in [3.05, 3.63) is 142 Å². The first-order valence-corrected chi connectivity index (χ1v) is 10.7. The Morgan fingerprint density at radius 1 is 0.735 bits per heavy atom. The molecule has 0 aliphatic carbocycles. The van der Waals surface area contributed by atoms with Crippen LogP contribution in [0.25, 0.3) is 0 Å². The lowest BCUT2D eigenvalue weighted by Crippen LogP contribution is -2.54. The summed E-state index contributed by atoms with van der Waals surface area (Å²) in [7, 11) is 0. The van der Waals surface area contributed by atoms with Crippen molar-refractivity contribution < 1.29 is 14.5 Å². The zero-order valence-electron chi connectivity index (χ0n) is 18.3. The van der Waals surface area contributed by atoms with Crippen molar-refractivity contribution in [3.8, 4) is 5.75 Å². The maximum Gasteiger partial charge on any atom is 0.272 e. The van der Waals surface area contributed by atoms with Gasteiger partial charge in [-0.05, 0) is 28.8 Å². The van der Waals surface area contributed by atoms with E-state index in [4.69, 9.17) is 4.74 Å². The zero-order chi connectivity index (χ0) is 23.8. The average molecular weight is 453 g/mol. The number of ether oxygens (including phenoxy) is 1. The van der Waals surface area contributed by atoms with Gasteiger partial charge in [0.15, 0.2) is 6.61 Å². The molecule has 0 aromatic heterocycles. The van der Waals surface area contributed by atoms with E-state index in [1.807, 2.05) is 91.0 Å². The van der Waals surface area contributed by atoms with Crippen molar-refractivity contribution in [1.29, 1.82) is 0 Å². The van der Waals surface area contributed by atoms with Crippen LogP contribution in [0.3, 0.4) is 0 Å². The van der Waals surface area contributed by atoms with Crippen LogP contribution < -0.4 is 15.6 Å². The minimum absolute atomic E-state index is 0.0446. The number of hydrazine groups is 1. The van der Waals surface area contributed by atoms with Gasteiger partial charge in [-0.15, -0.1) is 0 Å². The van der Waals surface area contributed by atoms with Crippen molar-refractivity contribution >= 4 is 11.6 Å². The smallest absolute Gasteiger partial charge is 0.272 e. The van der Waals surface area contributed by atoms with Crippen LogP contribution in [0.1, 0.15) is 16.7 Å². The molecule has 1 amide bonds. The molecule has 0 saturated carbocycles. The number of carbonyl (C=O) groups is 1. The molecule has 0 spiro atoms. The van der Waals surface area contributed by atoms with Crippen LogP contribution in [0, 0.1) is 10.1 Å². The van der Waals surface area contributed by atoms with E-state index in [0.717, 1.165) is 16.7 Å². The summed E-state index contributed by atoms with van der Waals surface area (Å²) < 4.78 is 5.51. The number of nitro benzene ring substituents is 1. The van der Waals surface area contributed by atoms with Gasteiger partial charge in [-0.3, -0.25) is 20.3 Å². The number of hydrogen-bond donors (Lipinski definition) is 2. The Hall–Kier alpha value is -4.49. The second kappa shape index (κ2) is 10.4. The molecule has 170 valence electrons. The van der Waals surface area contributed by atoms with Crippen molar-refractivity contribution in [2.24, 2.45) is 0 Å². The van der Waals surface area contributed by atoms with Gasteiger partial charge in [0.2, 0.25) is 0 Å². The van der Waals surface area contributed by atoms with Crippen LogP contribution in [-0.2, 0) is 10.3 Å². The van der Waals surface area contributed by atoms with E-state index in [9.17, 15) is 14.9 Å². The zero-order valence-corrected chi connectivity index (χ0v) is 18.3. The van der Waals surface area contributed by atoms with Gasteiger partial charge in [0.1, 0.15) is 11.3 Å². The molecule has 0 atom stereocenters. The first-order valence-electron chi connectivity index (χ1n) is 10.7. The monoisotopic (exact) mass is 453 g/mol. The normalized spacial score (nSPS) is 10.9. The number of amides is 1. The number of nitro groups is 1. The molecule has 0 fully saturated rings. The molecule has 0 saturated heterocycles. The highest BCUT2D eigenvalue weighted by Gasteiger charge is 2.36. The molecular formula is C27H23N3O4. The molecule has 0 bridgehead atoms. The third kappa shape index (κ3) is 4.95. The van der Waals surface area contributed by atoms with Gasteiger partial charge in [-0.1, -0.05) is 91.0 Å². The standard InChI is InChI=1S/C27H23N3O4/c31-26(20-34-25-18-16-24(17-19-25)30(32)33)28-29-27(21-10-4-1-5-11-21,22-12-6-2-7-13-22)23-14-8-3-9-15-23/h1-19,29H,20H2,(H,28,31). The number of hydrogen-bond acceptors (Lipinski definition) is 5. The number of nitrogens with zero attached hydrogens (tertiary/aromatic N) is 1. The second-order valence-corrected chi connectivity index (χ2v) is 7.56. The largest absolute Gasteiger partial charge is 0.484 e. The fourth-order valence-electron chi connectivity index (χ4n) is 3.79. The summed E-state index contributed by atoms with van der Waals surface area (Å²) in [5, 5.41) is 10.8. The van der Waals surface area contributed by atoms with Crippen LogP contribution in [0.4, 0.5) is 5.69 Å². The average Bonchev–Trinajstić information content (AvgIpc) is 2.90. The molecule has 7 heteroatoms. The second-order valence-electron chi connectivity index (χ2n) is 7.56. The molecule has 4 aromatic rings. The number of non-ortho nitro benzene ring substituents is 1. The van der Waals surface area contributed by atoms with Gasteiger partial charge in [0.25, 0.3) is 11.6 Å².